The maximum atomic E-state index is 12.1. The number of aliphatic hydroxyl groups excluding tert-OH is 1. The highest BCUT2D eigenvalue weighted by Gasteiger charge is 2.13. The molecular weight excluding hydrogens is 332 g/mol. The smallest absolute Gasteiger partial charge is 0.246 e. The number of rotatable bonds is 14. The Morgan fingerprint density at radius 1 is 1.00 bits per heavy atom. The van der Waals surface area contributed by atoms with Crippen molar-refractivity contribution >= 4 is 17.5 Å². The van der Waals surface area contributed by atoms with Crippen LogP contribution >= 0.6 is 0 Å². The van der Waals surface area contributed by atoms with Gasteiger partial charge in [0.05, 0.1) is 0 Å². The lowest BCUT2D eigenvalue weighted by atomic mass is 10.2. The van der Waals surface area contributed by atoms with E-state index >= 15 is 0 Å². The molecule has 146 valence electrons. The molecule has 0 radical (unpaired) electrons. The first-order chi connectivity index (χ1) is 12.3. The lowest BCUT2D eigenvalue weighted by Crippen LogP contribution is -2.36. The van der Waals surface area contributed by atoms with Crippen molar-refractivity contribution in [3.63, 3.8) is 0 Å². The molecule has 0 aliphatic carbocycles. The molecule has 0 aromatic rings. The molecule has 1 N–H and O–H groups in total. The van der Waals surface area contributed by atoms with Gasteiger partial charge in [-0.1, -0.05) is 13.0 Å². The zero-order valence-corrected chi connectivity index (χ0v) is 16.2. The summed E-state index contributed by atoms with van der Waals surface area (Å²) in [5.74, 6) is -0.424. The van der Waals surface area contributed by atoms with E-state index in [-0.39, 0.29) is 17.5 Å². The van der Waals surface area contributed by atoms with E-state index < -0.39 is 6.23 Å². The summed E-state index contributed by atoms with van der Waals surface area (Å²) in [6.07, 6.45) is 8.67. The third-order valence-corrected chi connectivity index (χ3v) is 3.63. The summed E-state index contributed by atoms with van der Waals surface area (Å²) in [6, 6.07) is 0. The third kappa shape index (κ3) is 11.5. The Kier molecular flexibility index (Phi) is 13.0. The number of hydrogen-bond acceptors (Lipinski definition) is 5. The molecule has 0 aliphatic rings. The fourth-order valence-corrected chi connectivity index (χ4v) is 2.35. The van der Waals surface area contributed by atoms with Crippen LogP contribution in [0.1, 0.15) is 40.0 Å². The first kappa shape index (κ1) is 23.9. The van der Waals surface area contributed by atoms with Crippen LogP contribution in [0.25, 0.3) is 0 Å². The summed E-state index contributed by atoms with van der Waals surface area (Å²) < 4.78 is 0. The van der Waals surface area contributed by atoms with E-state index in [1.807, 2.05) is 6.92 Å². The lowest BCUT2D eigenvalue weighted by Gasteiger charge is -2.25. The van der Waals surface area contributed by atoms with Gasteiger partial charge in [-0.25, -0.2) is 0 Å². The van der Waals surface area contributed by atoms with Crippen molar-refractivity contribution in [1.82, 2.24) is 9.80 Å². The quantitative estimate of drug-likeness (QED) is 0.221. The van der Waals surface area contributed by atoms with Crippen LogP contribution in [0.4, 0.5) is 0 Å². The fourth-order valence-electron chi connectivity index (χ4n) is 2.35. The Morgan fingerprint density at radius 2 is 1.62 bits per heavy atom. The van der Waals surface area contributed by atoms with E-state index in [4.69, 9.17) is 0 Å². The monoisotopic (exact) mass is 364 g/mol. The number of carbonyl (C=O) groups excluding carboxylic acids is 3. The largest absolute Gasteiger partial charge is 0.375 e. The van der Waals surface area contributed by atoms with Crippen molar-refractivity contribution in [2.24, 2.45) is 0 Å². The Hall–Kier alpha value is -2.05. The third-order valence-electron chi connectivity index (χ3n) is 3.63. The van der Waals surface area contributed by atoms with Gasteiger partial charge in [-0.2, -0.15) is 0 Å². The molecule has 0 aliphatic heterocycles. The molecule has 0 fully saturated rings. The summed E-state index contributed by atoms with van der Waals surface area (Å²) in [5, 5.41) is 10.1. The lowest BCUT2D eigenvalue weighted by molar-refractivity contribution is -0.126. The van der Waals surface area contributed by atoms with Crippen LogP contribution in [0.3, 0.4) is 0 Å². The Balaban J connectivity index is 4.53. The van der Waals surface area contributed by atoms with Crippen LogP contribution in [0.15, 0.2) is 37.0 Å². The minimum absolute atomic E-state index is 0.116. The zero-order chi connectivity index (χ0) is 19.9. The highest BCUT2D eigenvalue weighted by molar-refractivity contribution is 5.96. The average molecular weight is 364 g/mol. The van der Waals surface area contributed by atoms with Gasteiger partial charge >= 0.3 is 0 Å². The molecule has 0 bridgehead atoms. The molecule has 0 saturated carbocycles. The fraction of sp³-hybridized carbons (Fsp3) is 0.550. The van der Waals surface area contributed by atoms with E-state index in [1.165, 1.54) is 38.2 Å². The van der Waals surface area contributed by atoms with Crippen molar-refractivity contribution in [2.75, 3.05) is 26.2 Å². The van der Waals surface area contributed by atoms with Crippen LogP contribution in [0.2, 0.25) is 0 Å². The summed E-state index contributed by atoms with van der Waals surface area (Å²) in [4.78, 5) is 37.6. The molecule has 0 heterocycles. The van der Waals surface area contributed by atoms with E-state index in [1.54, 1.807) is 15.9 Å². The summed E-state index contributed by atoms with van der Waals surface area (Å²) >= 11 is 0. The number of ketones is 2. The van der Waals surface area contributed by atoms with Crippen LogP contribution < -0.4 is 0 Å². The van der Waals surface area contributed by atoms with Gasteiger partial charge in [-0.05, 0) is 51.3 Å². The van der Waals surface area contributed by atoms with Gasteiger partial charge in [0.1, 0.15) is 6.23 Å². The Labute approximate surface area is 156 Å². The number of unbranched alkanes of at least 4 members (excludes halogenated alkanes) is 1. The number of allylic oxidation sites excluding steroid dienone is 2. The van der Waals surface area contributed by atoms with Crippen LogP contribution in [0.5, 0.6) is 0 Å². The van der Waals surface area contributed by atoms with Gasteiger partial charge in [-0.15, -0.1) is 6.58 Å². The van der Waals surface area contributed by atoms with Gasteiger partial charge in [-0.3, -0.25) is 19.3 Å². The summed E-state index contributed by atoms with van der Waals surface area (Å²) in [6.45, 7) is 10.9. The average Bonchev–Trinajstić information content (AvgIpc) is 2.59. The maximum Gasteiger partial charge on any atom is 0.246 e. The summed E-state index contributed by atoms with van der Waals surface area (Å²) in [7, 11) is 0. The molecular formula is C20H32N2O4. The second kappa shape index (κ2) is 14.2. The Bertz CT molecular complexity index is 526. The second-order valence-corrected chi connectivity index (χ2v) is 6.14. The van der Waals surface area contributed by atoms with Gasteiger partial charge < -0.3 is 10.0 Å². The number of aliphatic hydroxyl groups is 1. The van der Waals surface area contributed by atoms with Gasteiger partial charge in [0.2, 0.25) is 5.91 Å². The van der Waals surface area contributed by atoms with Gasteiger partial charge in [0.15, 0.2) is 11.6 Å². The number of hydrogen-bond donors (Lipinski definition) is 1. The second-order valence-electron chi connectivity index (χ2n) is 6.14. The van der Waals surface area contributed by atoms with E-state index in [9.17, 15) is 19.5 Å². The SMILES string of the molecule is C=CCN(CCCCN(CCC)C(=O)/C=C/C(C)=O)C(O)/C=C/C(C)=O. The van der Waals surface area contributed by atoms with Crippen molar-refractivity contribution in [2.45, 2.75) is 46.3 Å². The van der Waals surface area contributed by atoms with Crippen LogP contribution in [0, 0.1) is 0 Å². The predicted octanol–water partition coefficient (Wildman–Crippen LogP) is 2.10. The standard InChI is InChI=1S/C20H32N2O4/c1-5-13-21(19(25)11-9-17(3)23)15-7-8-16-22(14-6-2)20(26)12-10-18(4)24/h5,9-12,19,25H,1,6-8,13-16H2,2-4H3/b11-9+,12-10+. The van der Waals surface area contributed by atoms with E-state index in [0.717, 1.165) is 19.3 Å². The zero-order valence-electron chi connectivity index (χ0n) is 16.2. The molecule has 0 aromatic heterocycles. The first-order valence-electron chi connectivity index (χ1n) is 9.01. The minimum Gasteiger partial charge on any atom is -0.375 e. The number of nitrogens with zero attached hydrogens (tertiary/aromatic N) is 2. The predicted molar refractivity (Wildman–Crippen MR) is 104 cm³/mol. The van der Waals surface area contributed by atoms with E-state index in [0.29, 0.717) is 26.2 Å². The van der Waals surface area contributed by atoms with E-state index in [2.05, 4.69) is 6.58 Å². The van der Waals surface area contributed by atoms with Crippen molar-refractivity contribution in [3.05, 3.63) is 37.0 Å². The molecule has 0 spiro atoms. The van der Waals surface area contributed by atoms with Crippen molar-refractivity contribution in [3.8, 4) is 0 Å². The topological polar surface area (TPSA) is 77.9 Å². The maximum absolute atomic E-state index is 12.1. The highest BCUT2D eigenvalue weighted by atomic mass is 16.3. The molecule has 26 heavy (non-hydrogen) atoms. The molecule has 6 nitrogen and oxygen atoms in total. The van der Waals surface area contributed by atoms with Crippen molar-refractivity contribution in [1.29, 1.82) is 0 Å². The highest BCUT2D eigenvalue weighted by Crippen LogP contribution is 2.05. The number of amides is 1. The molecule has 6 heteroatoms. The minimum atomic E-state index is -0.844. The summed E-state index contributed by atoms with van der Waals surface area (Å²) in [5.41, 5.74) is 0. The number of carbonyl (C=O) groups is 3. The van der Waals surface area contributed by atoms with Crippen molar-refractivity contribution < 1.29 is 19.5 Å². The molecule has 0 aromatic carbocycles. The molecule has 1 atom stereocenters. The van der Waals surface area contributed by atoms with Crippen LogP contribution in [-0.2, 0) is 14.4 Å². The molecule has 1 amide bonds. The molecule has 0 rings (SSSR count). The molecule has 0 saturated heterocycles. The Morgan fingerprint density at radius 3 is 2.15 bits per heavy atom. The first-order valence-corrected chi connectivity index (χ1v) is 9.01. The van der Waals surface area contributed by atoms with Crippen LogP contribution in [-0.4, -0.2) is 64.8 Å². The van der Waals surface area contributed by atoms with Gasteiger partial charge in [0, 0.05) is 32.3 Å². The molecule has 1 unspecified atom stereocenters. The normalized spacial score (nSPS) is 12.7. The van der Waals surface area contributed by atoms with Gasteiger partial charge in [0.25, 0.3) is 0 Å².